The molecular formula is C19H19N5O6S. The number of furan rings is 1. The molecule has 162 valence electrons. The van der Waals surface area contributed by atoms with Crippen LogP contribution in [0.5, 0.6) is 0 Å². The van der Waals surface area contributed by atoms with Crippen molar-refractivity contribution in [3.8, 4) is 0 Å². The molecule has 11 nitrogen and oxygen atoms in total. The summed E-state index contributed by atoms with van der Waals surface area (Å²) >= 11 is 0. The lowest BCUT2D eigenvalue weighted by Crippen LogP contribution is -2.25. The highest BCUT2D eigenvalue weighted by Crippen LogP contribution is 2.29. The number of rotatable bonds is 5. The number of benzene rings is 1. The van der Waals surface area contributed by atoms with E-state index >= 15 is 0 Å². The summed E-state index contributed by atoms with van der Waals surface area (Å²) in [5, 5.41) is 3.16. The highest BCUT2D eigenvalue weighted by molar-refractivity contribution is 7.92. The molecule has 0 aliphatic heterocycles. The molecule has 2 N–H and O–H groups in total. The Hall–Kier alpha value is -3.67. The van der Waals surface area contributed by atoms with Crippen LogP contribution in [0.4, 0.5) is 5.69 Å². The Morgan fingerprint density at radius 3 is 2.71 bits per heavy atom. The van der Waals surface area contributed by atoms with Crippen molar-refractivity contribution in [3.05, 3.63) is 51.4 Å². The van der Waals surface area contributed by atoms with E-state index in [1.165, 1.54) is 25.1 Å². The van der Waals surface area contributed by atoms with Gasteiger partial charge in [0.05, 0.1) is 17.2 Å². The SMILES string of the molecule is CCOC(=O)c1oc2ccc(S(=O)(=O)Nc3c(C)nc4nc(C)[nH]n4c3=O)cc2c1C. The van der Waals surface area contributed by atoms with Crippen molar-refractivity contribution in [1.29, 1.82) is 0 Å². The van der Waals surface area contributed by atoms with Crippen molar-refractivity contribution in [2.45, 2.75) is 32.6 Å². The Bertz CT molecular complexity index is 1510. The van der Waals surface area contributed by atoms with Crippen LogP contribution in [-0.2, 0) is 14.8 Å². The maximum Gasteiger partial charge on any atom is 0.374 e. The Morgan fingerprint density at radius 1 is 1.26 bits per heavy atom. The lowest BCUT2D eigenvalue weighted by molar-refractivity contribution is 0.0491. The van der Waals surface area contributed by atoms with Gasteiger partial charge in [0.15, 0.2) is 0 Å². The van der Waals surface area contributed by atoms with Gasteiger partial charge in [0.2, 0.25) is 5.76 Å². The molecule has 12 heteroatoms. The van der Waals surface area contributed by atoms with Crippen LogP contribution in [0, 0.1) is 20.8 Å². The normalized spacial score (nSPS) is 11.9. The molecule has 0 aliphatic rings. The number of hydrogen-bond donors (Lipinski definition) is 2. The molecule has 3 heterocycles. The summed E-state index contributed by atoms with van der Waals surface area (Å²) in [4.78, 5) is 32.9. The van der Waals surface area contributed by atoms with E-state index in [2.05, 4.69) is 19.8 Å². The molecule has 0 radical (unpaired) electrons. The highest BCUT2D eigenvalue weighted by Gasteiger charge is 2.24. The number of nitrogens with one attached hydrogen (secondary N) is 2. The van der Waals surface area contributed by atoms with E-state index in [1.807, 2.05) is 0 Å². The first-order chi connectivity index (χ1) is 14.6. The second-order valence-electron chi connectivity index (χ2n) is 6.86. The van der Waals surface area contributed by atoms with Gasteiger partial charge >= 0.3 is 5.97 Å². The van der Waals surface area contributed by atoms with Crippen molar-refractivity contribution < 1.29 is 22.4 Å². The molecule has 0 spiro atoms. The standard InChI is InChI=1S/C19H19N5O6S/c1-5-29-18(26)16-9(2)13-8-12(6-7-14(13)30-16)31(27,28)23-15-10(3)20-19-21-11(4)22-24(19)17(15)25/h6-8,23H,5H2,1-4H3,(H,20,21,22). The fourth-order valence-electron chi connectivity index (χ4n) is 3.20. The van der Waals surface area contributed by atoms with Gasteiger partial charge in [-0.25, -0.2) is 18.2 Å². The van der Waals surface area contributed by atoms with Gasteiger partial charge in [-0.15, -0.1) is 0 Å². The Balaban J connectivity index is 1.77. The molecule has 1 aromatic carbocycles. The lowest BCUT2D eigenvalue weighted by atomic mass is 10.1. The van der Waals surface area contributed by atoms with Gasteiger partial charge in [0.1, 0.15) is 17.1 Å². The predicted molar refractivity (Wildman–Crippen MR) is 111 cm³/mol. The number of aromatic nitrogens is 4. The number of esters is 1. The van der Waals surface area contributed by atoms with Crippen LogP contribution >= 0.6 is 0 Å². The van der Waals surface area contributed by atoms with E-state index < -0.39 is 21.6 Å². The van der Waals surface area contributed by atoms with E-state index in [0.29, 0.717) is 22.4 Å². The third-order valence-electron chi connectivity index (χ3n) is 4.70. The second kappa shape index (κ2) is 7.23. The molecule has 0 bridgehead atoms. The van der Waals surface area contributed by atoms with E-state index in [0.717, 1.165) is 4.52 Å². The summed E-state index contributed by atoms with van der Waals surface area (Å²) < 4.78 is 39.9. The average Bonchev–Trinajstić information content (AvgIpc) is 3.24. The highest BCUT2D eigenvalue weighted by atomic mass is 32.2. The van der Waals surface area contributed by atoms with Crippen molar-refractivity contribution in [3.63, 3.8) is 0 Å². The van der Waals surface area contributed by atoms with E-state index in [9.17, 15) is 18.0 Å². The number of sulfonamides is 1. The number of hydrogen-bond acceptors (Lipinski definition) is 8. The van der Waals surface area contributed by atoms with Gasteiger partial charge in [-0.05, 0) is 45.9 Å². The fraction of sp³-hybridized carbons (Fsp3) is 0.263. The van der Waals surface area contributed by atoms with Crippen LogP contribution < -0.4 is 10.3 Å². The van der Waals surface area contributed by atoms with Crippen LogP contribution in [0.2, 0.25) is 0 Å². The fourth-order valence-corrected chi connectivity index (χ4v) is 4.34. The van der Waals surface area contributed by atoms with Crippen molar-refractivity contribution in [2.24, 2.45) is 0 Å². The van der Waals surface area contributed by atoms with Crippen LogP contribution in [-0.4, -0.2) is 40.6 Å². The van der Waals surface area contributed by atoms with E-state index in [-0.39, 0.29) is 34.4 Å². The van der Waals surface area contributed by atoms with Crippen molar-refractivity contribution in [1.82, 2.24) is 19.6 Å². The van der Waals surface area contributed by atoms with Crippen molar-refractivity contribution in [2.75, 3.05) is 11.3 Å². The minimum atomic E-state index is -4.15. The Labute approximate surface area is 176 Å². The van der Waals surface area contributed by atoms with Gasteiger partial charge in [0.25, 0.3) is 21.4 Å². The van der Waals surface area contributed by atoms with E-state index in [4.69, 9.17) is 9.15 Å². The first kappa shape index (κ1) is 20.6. The van der Waals surface area contributed by atoms with Crippen LogP contribution in [0.25, 0.3) is 16.7 Å². The summed E-state index contributed by atoms with van der Waals surface area (Å²) in [7, 11) is -4.15. The maximum absolute atomic E-state index is 13.0. The summed E-state index contributed by atoms with van der Waals surface area (Å²) in [6.45, 7) is 6.66. The number of ether oxygens (including phenoxy) is 1. The maximum atomic E-state index is 13.0. The summed E-state index contributed by atoms with van der Waals surface area (Å²) in [5.41, 5.74) is 0.156. The predicted octanol–water partition coefficient (Wildman–Crippen LogP) is 2.07. The number of nitrogens with zero attached hydrogens (tertiary/aromatic N) is 3. The number of aryl methyl sites for hydroxylation is 3. The molecule has 0 aliphatic carbocycles. The largest absolute Gasteiger partial charge is 0.460 e. The van der Waals surface area contributed by atoms with Gasteiger partial charge in [-0.3, -0.25) is 14.6 Å². The Kier molecular flexibility index (Phi) is 4.81. The number of H-pyrrole nitrogens is 1. The topological polar surface area (TPSA) is 149 Å². The summed E-state index contributed by atoms with van der Waals surface area (Å²) in [5.74, 6) is -0.0125. The molecule has 4 rings (SSSR count). The lowest BCUT2D eigenvalue weighted by Gasteiger charge is -2.09. The molecule has 0 unspecified atom stereocenters. The molecule has 0 saturated carbocycles. The number of aromatic amines is 1. The summed E-state index contributed by atoms with van der Waals surface area (Å²) in [6.07, 6.45) is 0. The molecule has 0 saturated heterocycles. The number of carbonyl (C=O) groups is 1. The van der Waals surface area contributed by atoms with Crippen LogP contribution in [0.1, 0.15) is 34.6 Å². The monoisotopic (exact) mass is 445 g/mol. The van der Waals surface area contributed by atoms with E-state index in [1.54, 1.807) is 20.8 Å². The third-order valence-corrected chi connectivity index (χ3v) is 6.05. The number of anilines is 1. The molecular weight excluding hydrogens is 426 g/mol. The zero-order valence-electron chi connectivity index (χ0n) is 17.1. The average molecular weight is 445 g/mol. The second-order valence-corrected chi connectivity index (χ2v) is 8.54. The van der Waals surface area contributed by atoms with Gasteiger partial charge in [0, 0.05) is 10.9 Å². The number of carbonyl (C=O) groups excluding carboxylic acids is 1. The first-order valence-electron chi connectivity index (χ1n) is 9.31. The molecule has 0 fully saturated rings. The number of fused-ring (bicyclic) bond motifs is 2. The molecule has 4 aromatic rings. The van der Waals surface area contributed by atoms with Crippen LogP contribution in [0.15, 0.2) is 32.3 Å². The smallest absolute Gasteiger partial charge is 0.374 e. The molecule has 31 heavy (non-hydrogen) atoms. The van der Waals surface area contributed by atoms with Crippen LogP contribution in [0.3, 0.4) is 0 Å². The molecule has 3 aromatic heterocycles. The minimum Gasteiger partial charge on any atom is -0.460 e. The summed E-state index contributed by atoms with van der Waals surface area (Å²) in [6, 6.07) is 4.14. The van der Waals surface area contributed by atoms with Crippen molar-refractivity contribution >= 4 is 38.4 Å². The van der Waals surface area contributed by atoms with Gasteiger partial charge in [-0.2, -0.15) is 9.50 Å². The zero-order valence-corrected chi connectivity index (χ0v) is 18.0. The van der Waals surface area contributed by atoms with Gasteiger partial charge in [-0.1, -0.05) is 0 Å². The zero-order chi connectivity index (χ0) is 22.5. The third kappa shape index (κ3) is 3.44. The minimum absolute atomic E-state index is 0.0118. The molecule has 0 atom stereocenters. The Morgan fingerprint density at radius 2 is 2.00 bits per heavy atom. The first-order valence-corrected chi connectivity index (χ1v) is 10.8. The molecule has 0 amide bonds. The quantitative estimate of drug-likeness (QED) is 0.444. The van der Waals surface area contributed by atoms with Gasteiger partial charge < -0.3 is 9.15 Å².